The Morgan fingerprint density at radius 1 is 1.38 bits per heavy atom. The Hall–Kier alpha value is -1.11. The van der Waals surface area contributed by atoms with E-state index in [1.54, 1.807) is 19.2 Å². The van der Waals surface area contributed by atoms with Gasteiger partial charge in [0.05, 0.1) is 12.0 Å². The largest absolute Gasteiger partial charge is 0.497 e. The predicted octanol–water partition coefficient (Wildman–Crippen LogP) is 1.53. The second kappa shape index (κ2) is 6.77. The monoisotopic (exact) mass is 312 g/mol. The molecule has 0 bridgehead atoms. The maximum Gasteiger partial charge on any atom is 0.241 e. The van der Waals surface area contributed by atoms with Crippen molar-refractivity contribution >= 4 is 10.0 Å². The van der Waals surface area contributed by atoms with E-state index in [9.17, 15) is 8.42 Å². The van der Waals surface area contributed by atoms with Crippen LogP contribution in [0.3, 0.4) is 0 Å². The van der Waals surface area contributed by atoms with E-state index in [2.05, 4.69) is 10.0 Å². The van der Waals surface area contributed by atoms with E-state index in [1.807, 2.05) is 19.9 Å². The fourth-order valence-corrected chi connectivity index (χ4v) is 3.90. The third kappa shape index (κ3) is 4.18. The van der Waals surface area contributed by atoms with Crippen LogP contribution in [0.4, 0.5) is 0 Å². The summed E-state index contributed by atoms with van der Waals surface area (Å²) in [7, 11) is -1.87. The van der Waals surface area contributed by atoms with Gasteiger partial charge < -0.3 is 10.1 Å². The number of hydrogen-bond donors (Lipinski definition) is 2. The summed E-state index contributed by atoms with van der Waals surface area (Å²) >= 11 is 0. The first-order valence-electron chi connectivity index (χ1n) is 7.38. The average Bonchev–Trinajstić information content (AvgIpc) is 3.13. The van der Waals surface area contributed by atoms with Gasteiger partial charge in [-0.15, -0.1) is 0 Å². The molecule has 1 aromatic rings. The predicted molar refractivity (Wildman–Crippen MR) is 83.1 cm³/mol. The topological polar surface area (TPSA) is 67.4 Å². The Morgan fingerprint density at radius 2 is 2.10 bits per heavy atom. The fourth-order valence-electron chi connectivity index (χ4n) is 2.29. The van der Waals surface area contributed by atoms with Crippen LogP contribution in [-0.4, -0.2) is 34.7 Å². The lowest BCUT2D eigenvalue weighted by Gasteiger charge is -2.13. The standard InChI is InChI=1S/C15H24N2O3S/c1-4-16-8-7-12-10-13(20-3)5-6-15(12)21(18,19)17-14-9-11(14)2/h5-6,10-11,14,16-17H,4,7-9H2,1-3H3. The van der Waals surface area contributed by atoms with Crippen LogP contribution in [0.2, 0.25) is 0 Å². The number of nitrogens with one attached hydrogen (secondary N) is 2. The summed E-state index contributed by atoms with van der Waals surface area (Å²) in [6.45, 7) is 5.68. The first-order valence-corrected chi connectivity index (χ1v) is 8.86. The first kappa shape index (κ1) is 16.3. The van der Waals surface area contributed by atoms with Crippen LogP contribution in [0.25, 0.3) is 0 Å². The smallest absolute Gasteiger partial charge is 0.241 e. The molecule has 0 heterocycles. The molecule has 0 aromatic heterocycles. The molecule has 1 aliphatic carbocycles. The molecule has 1 fully saturated rings. The zero-order chi connectivity index (χ0) is 15.5. The molecule has 1 saturated carbocycles. The van der Waals surface area contributed by atoms with E-state index in [0.29, 0.717) is 23.0 Å². The van der Waals surface area contributed by atoms with Gasteiger partial charge in [0.2, 0.25) is 10.0 Å². The molecule has 2 rings (SSSR count). The average molecular weight is 312 g/mol. The molecule has 0 amide bonds. The second-order valence-electron chi connectivity index (χ2n) is 5.52. The number of sulfonamides is 1. The van der Waals surface area contributed by atoms with Crippen molar-refractivity contribution in [1.82, 2.24) is 10.0 Å². The second-order valence-corrected chi connectivity index (χ2v) is 7.20. The summed E-state index contributed by atoms with van der Waals surface area (Å²) in [5.74, 6) is 1.11. The van der Waals surface area contributed by atoms with Gasteiger partial charge in [0, 0.05) is 6.04 Å². The Kier molecular flexibility index (Phi) is 5.24. The van der Waals surface area contributed by atoms with Crippen molar-refractivity contribution in [1.29, 1.82) is 0 Å². The van der Waals surface area contributed by atoms with Crippen molar-refractivity contribution in [2.45, 2.75) is 37.6 Å². The van der Waals surface area contributed by atoms with Crippen molar-refractivity contribution in [3.8, 4) is 5.75 Å². The summed E-state index contributed by atoms with van der Waals surface area (Å²) in [6, 6.07) is 5.22. The van der Waals surface area contributed by atoms with Gasteiger partial charge in [-0.05, 0) is 55.6 Å². The summed E-state index contributed by atoms with van der Waals surface area (Å²) < 4.78 is 33.0. The van der Waals surface area contributed by atoms with Crippen LogP contribution < -0.4 is 14.8 Å². The highest BCUT2D eigenvalue weighted by atomic mass is 32.2. The van der Waals surface area contributed by atoms with Gasteiger partial charge in [0.1, 0.15) is 5.75 Å². The third-order valence-electron chi connectivity index (χ3n) is 3.79. The molecule has 21 heavy (non-hydrogen) atoms. The van der Waals surface area contributed by atoms with Gasteiger partial charge in [-0.1, -0.05) is 13.8 Å². The lowest BCUT2D eigenvalue weighted by molar-refractivity contribution is 0.413. The molecule has 0 spiro atoms. The molecule has 0 saturated heterocycles. The Morgan fingerprint density at radius 3 is 2.67 bits per heavy atom. The van der Waals surface area contributed by atoms with Crippen molar-refractivity contribution in [2.75, 3.05) is 20.2 Å². The van der Waals surface area contributed by atoms with E-state index in [4.69, 9.17) is 4.74 Å². The third-order valence-corrected chi connectivity index (χ3v) is 5.38. The molecule has 6 heteroatoms. The van der Waals surface area contributed by atoms with Gasteiger partial charge >= 0.3 is 0 Å². The van der Waals surface area contributed by atoms with Gasteiger partial charge in [-0.3, -0.25) is 0 Å². The van der Waals surface area contributed by atoms with Gasteiger partial charge in [-0.25, -0.2) is 13.1 Å². The van der Waals surface area contributed by atoms with Crippen molar-refractivity contribution in [3.63, 3.8) is 0 Å². The minimum absolute atomic E-state index is 0.0821. The molecular weight excluding hydrogens is 288 g/mol. The van der Waals surface area contributed by atoms with Crippen LogP contribution >= 0.6 is 0 Å². The summed E-state index contributed by atoms with van der Waals surface area (Å²) in [6.07, 6.45) is 1.57. The lowest BCUT2D eigenvalue weighted by atomic mass is 10.1. The minimum Gasteiger partial charge on any atom is -0.497 e. The van der Waals surface area contributed by atoms with Crippen LogP contribution in [-0.2, 0) is 16.4 Å². The van der Waals surface area contributed by atoms with E-state index in [0.717, 1.165) is 25.1 Å². The molecule has 5 nitrogen and oxygen atoms in total. The van der Waals surface area contributed by atoms with Crippen LogP contribution in [0.1, 0.15) is 25.8 Å². The molecule has 1 aromatic carbocycles. The summed E-state index contributed by atoms with van der Waals surface area (Å²) in [4.78, 5) is 0.361. The Balaban J connectivity index is 2.23. The van der Waals surface area contributed by atoms with Crippen LogP contribution in [0.15, 0.2) is 23.1 Å². The molecule has 2 unspecified atom stereocenters. The number of likely N-dealkylation sites (N-methyl/N-ethyl adjacent to an activating group) is 1. The van der Waals surface area contributed by atoms with Crippen LogP contribution in [0.5, 0.6) is 5.75 Å². The van der Waals surface area contributed by atoms with Gasteiger partial charge in [0.25, 0.3) is 0 Å². The first-order chi connectivity index (χ1) is 9.97. The lowest BCUT2D eigenvalue weighted by Crippen LogP contribution is -2.28. The molecular formula is C15H24N2O3S. The molecule has 2 N–H and O–H groups in total. The van der Waals surface area contributed by atoms with E-state index in [-0.39, 0.29) is 6.04 Å². The molecule has 0 radical (unpaired) electrons. The summed E-state index contributed by atoms with van der Waals surface area (Å²) in [5, 5.41) is 3.22. The number of ether oxygens (including phenoxy) is 1. The van der Waals surface area contributed by atoms with E-state index >= 15 is 0 Å². The highest BCUT2D eigenvalue weighted by molar-refractivity contribution is 7.89. The van der Waals surface area contributed by atoms with Gasteiger partial charge in [-0.2, -0.15) is 0 Å². The van der Waals surface area contributed by atoms with E-state index < -0.39 is 10.0 Å². The van der Waals surface area contributed by atoms with Gasteiger partial charge in [0.15, 0.2) is 0 Å². The summed E-state index contributed by atoms with van der Waals surface area (Å²) in [5.41, 5.74) is 0.788. The fraction of sp³-hybridized carbons (Fsp3) is 0.600. The van der Waals surface area contributed by atoms with E-state index in [1.165, 1.54) is 0 Å². The number of hydrogen-bond acceptors (Lipinski definition) is 4. The molecule has 0 aliphatic heterocycles. The van der Waals surface area contributed by atoms with Crippen molar-refractivity contribution in [2.24, 2.45) is 5.92 Å². The molecule has 1 aliphatic rings. The SMILES string of the molecule is CCNCCc1cc(OC)ccc1S(=O)(=O)NC1CC1C. The highest BCUT2D eigenvalue weighted by Crippen LogP contribution is 2.31. The zero-order valence-corrected chi connectivity index (χ0v) is 13.7. The van der Waals surface area contributed by atoms with Crippen molar-refractivity contribution in [3.05, 3.63) is 23.8 Å². The molecule has 118 valence electrons. The Bertz CT molecular complexity index is 587. The number of rotatable bonds is 8. The highest BCUT2D eigenvalue weighted by Gasteiger charge is 2.36. The maximum absolute atomic E-state index is 12.5. The van der Waals surface area contributed by atoms with Crippen LogP contribution in [0, 0.1) is 5.92 Å². The maximum atomic E-state index is 12.5. The van der Waals surface area contributed by atoms with Crippen molar-refractivity contribution < 1.29 is 13.2 Å². The quantitative estimate of drug-likeness (QED) is 0.715. The molecule has 2 atom stereocenters. The zero-order valence-electron chi connectivity index (χ0n) is 12.8. The number of benzene rings is 1. The minimum atomic E-state index is -3.46. The number of methoxy groups -OCH3 is 1. The normalized spacial score (nSPS) is 21.3. The Labute approximate surface area is 127 Å².